The molecular formula is C7H15NO2. The highest BCUT2D eigenvalue weighted by Gasteiger charge is 2.33. The molecule has 0 radical (unpaired) electrons. The van der Waals surface area contributed by atoms with E-state index in [0.717, 1.165) is 6.42 Å². The van der Waals surface area contributed by atoms with Crippen LogP contribution in [0.3, 0.4) is 0 Å². The molecule has 0 saturated heterocycles. The topological polar surface area (TPSA) is 63.3 Å². The fourth-order valence-electron chi connectivity index (χ4n) is 0.635. The molecule has 3 nitrogen and oxygen atoms in total. The first kappa shape index (κ1) is 9.43. The second-order valence-corrected chi connectivity index (χ2v) is 2.90. The Hall–Kier alpha value is -0.570. The zero-order valence-corrected chi connectivity index (χ0v) is 6.72. The van der Waals surface area contributed by atoms with Crippen molar-refractivity contribution in [1.82, 2.24) is 0 Å². The van der Waals surface area contributed by atoms with Crippen LogP contribution in [0, 0.1) is 5.92 Å². The van der Waals surface area contributed by atoms with Crippen LogP contribution in [0.5, 0.6) is 0 Å². The van der Waals surface area contributed by atoms with E-state index in [1.165, 1.54) is 0 Å². The van der Waals surface area contributed by atoms with Crippen molar-refractivity contribution in [3.05, 3.63) is 0 Å². The van der Waals surface area contributed by atoms with Crippen LogP contribution in [0.15, 0.2) is 0 Å². The van der Waals surface area contributed by atoms with Crippen LogP contribution in [0.2, 0.25) is 0 Å². The third-order valence-electron chi connectivity index (χ3n) is 2.10. The number of hydrogen-bond donors (Lipinski definition) is 2. The summed E-state index contributed by atoms with van der Waals surface area (Å²) in [5, 5.41) is 8.62. The molecule has 0 rings (SSSR count). The van der Waals surface area contributed by atoms with Gasteiger partial charge in [0.1, 0.15) is 5.54 Å². The largest absolute Gasteiger partial charge is 0.480 e. The number of rotatable bonds is 3. The van der Waals surface area contributed by atoms with Crippen molar-refractivity contribution < 1.29 is 9.90 Å². The summed E-state index contributed by atoms with van der Waals surface area (Å²) in [5.41, 5.74) is 4.44. The third-order valence-corrected chi connectivity index (χ3v) is 2.10. The maximum Gasteiger partial charge on any atom is 0.323 e. The van der Waals surface area contributed by atoms with Crippen molar-refractivity contribution in [2.75, 3.05) is 0 Å². The molecule has 0 aliphatic rings. The van der Waals surface area contributed by atoms with E-state index in [1.807, 2.05) is 13.8 Å². The van der Waals surface area contributed by atoms with Crippen molar-refractivity contribution in [3.63, 3.8) is 0 Å². The second kappa shape index (κ2) is 3.01. The normalized spacial score (nSPS) is 19.6. The number of aliphatic carboxylic acids is 1. The average Bonchev–Trinajstić information content (AvgIpc) is 1.86. The van der Waals surface area contributed by atoms with Crippen LogP contribution in [-0.4, -0.2) is 16.6 Å². The molecule has 1 unspecified atom stereocenters. The van der Waals surface area contributed by atoms with Crippen LogP contribution in [0.4, 0.5) is 0 Å². The van der Waals surface area contributed by atoms with Gasteiger partial charge in [-0.25, -0.2) is 0 Å². The van der Waals surface area contributed by atoms with E-state index >= 15 is 0 Å². The minimum atomic E-state index is -1.07. The highest BCUT2D eigenvalue weighted by molar-refractivity contribution is 5.78. The van der Waals surface area contributed by atoms with Crippen molar-refractivity contribution in [1.29, 1.82) is 0 Å². The lowest BCUT2D eigenvalue weighted by Crippen LogP contribution is -2.50. The molecule has 0 bridgehead atoms. The van der Waals surface area contributed by atoms with Crippen molar-refractivity contribution in [2.45, 2.75) is 32.7 Å². The molecule has 0 aromatic rings. The standard InChI is InChI=1S/C7H15NO2/c1-4-5(2)7(3,8)6(9)10/h5H,4,8H2,1-3H3,(H,9,10)/t5-,7?/m0/s1. The van der Waals surface area contributed by atoms with E-state index < -0.39 is 11.5 Å². The van der Waals surface area contributed by atoms with Gasteiger partial charge in [0.05, 0.1) is 0 Å². The Labute approximate surface area is 61.2 Å². The quantitative estimate of drug-likeness (QED) is 0.618. The minimum absolute atomic E-state index is 0.0185. The van der Waals surface area contributed by atoms with Crippen LogP contribution >= 0.6 is 0 Å². The summed E-state index contributed by atoms with van der Waals surface area (Å²) in [6.07, 6.45) is 0.791. The van der Waals surface area contributed by atoms with Crippen LogP contribution in [0.25, 0.3) is 0 Å². The lowest BCUT2D eigenvalue weighted by Gasteiger charge is -2.25. The zero-order valence-electron chi connectivity index (χ0n) is 6.72. The van der Waals surface area contributed by atoms with Crippen LogP contribution < -0.4 is 5.73 Å². The fraction of sp³-hybridized carbons (Fsp3) is 0.857. The summed E-state index contributed by atoms with van der Waals surface area (Å²) in [4.78, 5) is 10.5. The maximum atomic E-state index is 10.5. The summed E-state index contributed by atoms with van der Waals surface area (Å²) in [5.74, 6) is -0.910. The lowest BCUT2D eigenvalue weighted by atomic mass is 9.86. The summed E-state index contributed by atoms with van der Waals surface area (Å²) < 4.78 is 0. The first-order chi connectivity index (χ1) is 4.42. The van der Waals surface area contributed by atoms with Gasteiger partial charge in [-0.05, 0) is 12.8 Å². The molecule has 10 heavy (non-hydrogen) atoms. The smallest absolute Gasteiger partial charge is 0.323 e. The van der Waals surface area contributed by atoms with Gasteiger partial charge in [-0.15, -0.1) is 0 Å². The van der Waals surface area contributed by atoms with E-state index in [4.69, 9.17) is 10.8 Å². The molecule has 0 aromatic heterocycles. The van der Waals surface area contributed by atoms with Crippen LogP contribution in [-0.2, 0) is 4.79 Å². The highest BCUT2D eigenvalue weighted by Crippen LogP contribution is 2.16. The molecule has 0 fully saturated rings. The van der Waals surface area contributed by atoms with Gasteiger partial charge in [-0.1, -0.05) is 20.3 Å². The molecule has 0 heterocycles. The molecule has 0 spiro atoms. The fourth-order valence-corrected chi connectivity index (χ4v) is 0.635. The number of carbonyl (C=O) groups is 1. The Morgan fingerprint density at radius 3 is 2.30 bits per heavy atom. The molecule has 2 atom stereocenters. The molecule has 0 amide bonds. The summed E-state index contributed by atoms with van der Waals surface area (Å²) >= 11 is 0. The Bertz CT molecular complexity index is 132. The molecule has 0 aliphatic carbocycles. The van der Waals surface area contributed by atoms with Gasteiger partial charge in [0, 0.05) is 0 Å². The monoisotopic (exact) mass is 145 g/mol. The Balaban J connectivity index is 4.23. The molecular weight excluding hydrogens is 130 g/mol. The second-order valence-electron chi connectivity index (χ2n) is 2.90. The van der Waals surface area contributed by atoms with E-state index in [1.54, 1.807) is 6.92 Å². The van der Waals surface area contributed by atoms with Crippen molar-refractivity contribution in [2.24, 2.45) is 11.7 Å². The van der Waals surface area contributed by atoms with E-state index in [9.17, 15) is 4.79 Å². The Morgan fingerprint density at radius 2 is 2.20 bits per heavy atom. The van der Waals surface area contributed by atoms with Gasteiger partial charge >= 0.3 is 5.97 Å². The molecule has 3 N–H and O–H groups in total. The molecule has 0 aromatic carbocycles. The van der Waals surface area contributed by atoms with E-state index in [0.29, 0.717) is 0 Å². The maximum absolute atomic E-state index is 10.5. The Kier molecular flexibility index (Phi) is 2.84. The van der Waals surface area contributed by atoms with Gasteiger partial charge in [0.15, 0.2) is 0 Å². The molecule has 3 heteroatoms. The minimum Gasteiger partial charge on any atom is -0.480 e. The van der Waals surface area contributed by atoms with Gasteiger partial charge in [-0.2, -0.15) is 0 Å². The predicted octanol–water partition coefficient (Wildman–Crippen LogP) is 0.834. The van der Waals surface area contributed by atoms with Gasteiger partial charge < -0.3 is 10.8 Å². The van der Waals surface area contributed by atoms with Crippen molar-refractivity contribution >= 4 is 5.97 Å². The number of carboxylic acids is 1. The Morgan fingerprint density at radius 1 is 1.80 bits per heavy atom. The van der Waals surface area contributed by atoms with Crippen LogP contribution in [0.1, 0.15) is 27.2 Å². The average molecular weight is 145 g/mol. The summed E-state index contributed by atoms with van der Waals surface area (Å²) in [6, 6.07) is 0. The van der Waals surface area contributed by atoms with E-state index in [-0.39, 0.29) is 5.92 Å². The number of hydrogen-bond acceptors (Lipinski definition) is 2. The SMILES string of the molecule is CC[C@H](C)C(C)(N)C(=O)O. The van der Waals surface area contributed by atoms with Gasteiger partial charge in [-0.3, -0.25) is 4.79 Å². The summed E-state index contributed by atoms with van der Waals surface area (Å²) in [6.45, 7) is 5.32. The first-order valence-corrected chi connectivity index (χ1v) is 3.45. The van der Waals surface area contributed by atoms with Gasteiger partial charge in [0.25, 0.3) is 0 Å². The summed E-state index contributed by atoms with van der Waals surface area (Å²) in [7, 11) is 0. The molecule has 60 valence electrons. The van der Waals surface area contributed by atoms with E-state index in [2.05, 4.69) is 0 Å². The molecule has 0 aliphatic heterocycles. The first-order valence-electron chi connectivity index (χ1n) is 3.45. The zero-order chi connectivity index (χ0) is 8.36. The number of nitrogens with two attached hydrogens (primary N) is 1. The third kappa shape index (κ3) is 1.70. The highest BCUT2D eigenvalue weighted by atomic mass is 16.4. The van der Waals surface area contributed by atoms with Crippen molar-refractivity contribution in [3.8, 4) is 0 Å². The lowest BCUT2D eigenvalue weighted by molar-refractivity contribution is -0.144. The number of carboxylic acid groups (broad SMARTS) is 1. The predicted molar refractivity (Wildman–Crippen MR) is 39.7 cm³/mol. The van der Waals surface area contributed by atoms with Gasteiger partial charge in [0.2, 0.25) is 0 Å². The molecule has 0 saturated carbocycles.